The molecule has 0 amide bonds. The van der Waals surface area contributed by atoms with Crippen LogP contribution in [0.4, 0.5) is 0 Å². The zero-order valence-electron chi connectivity index (χ0n) is 13.1. The molecule has 0 heterocycles. The lowest BCUT2D eigenvalue weighted by Gasteiger charge is -2.10. The number of rotatable bonds is 5. The largest absolute Gasteiger partial charge is 0.497 e. The fourth-order valence-corrected chi connectivity index (χ4v) is 2.30. The molecule has 0 fully saturated rings. The van der Waals surface area contributed by atoms with E-state index in [4.69, 9.17) is 21.1 Å². The molecule has 2 rings (SSSR count). The lowest BCUT2D eigenvalue weighted by Crippen LogP contribution is -2.00. The van der Waals surface area contributed by atoms with Crippen LogP contribution in [-0.2, 0) is 4.79 Å². The van der Waals surface area contributed by atoms with E-state index in [1.54, 1.807) is 49.6 Å². The molecular weight excluding hydrogens is 316 g/mol. The van der Waals surface area contributed by atoms with Crippen LogP contribution in [0.15, 0.2) is 36.4 Å². The zero-order chi connectivity index (χ0) is 17.0. The number of benzene rings is 2. The van der Waals surface area contributed by atoms with Crippen LogP contribution in [0, 0.1) is 6.92 Å². The van der Waals surface area contributed by atoms with Gasteiger partial charge in [0.15, 0.2) is 0 Å². The highest BCUT2D eigenvalue weighted by Gasteiger charge is 2.13. The first kappa shape index (κ1) is 16.9. The van der Waals surface area contributed by atoms with Gasteiger partial charge in [0.2, 0.25) is 0 Å². The fraction of sp³-hybridized carbons (Fsp3) is 0.167. The van der Waals surface area contributed by atoms with Gasteiger partial charge in [-0.15, -0.1) is 0 Å². The van der Waals surface area contributed by atoms with Crippen LogP contribution in [0.2, 0.25) is 5.02 Å². The van der Waals surface area contributed by atoms with E-state index in [1.807, 2.05) is 6.92 Å². The number of aliphatic carboxylic acids is 1. The quantitative estimate of drug-likeness (QED) is 0.655. The van der Waals surface area contributed by atoms with E-state index in [2.05, 4.69) is 0 Å². The molecule has 0 atom stereocenters. The summed E-state index contributed by atoms with van der Waals surface area (Å²) in [5, 5.41) is 10.1. The van der Waals surface area contributed by atoms with Crippen molar-refractivity contribution < 1.29 is 19.4 Å². The van der Waals surface area contributed by atoms with E-state index in [0.717, 1.165) is 5.56 Å². The van der Waals surface area contributed by atoms with Crippen molar-refractivity contribution in [1.29, 1.82) is 0 Å². The molecule has 0 radical (unpaired) electrons. The maximum atomic E-state index is 11.6. The fourth-order valence-electron chi connectivity index (χ4n) is 2.12. The van der Waals surface area contributed by atoms with E-state index in [0.29, 0.717) is 27.6 Å². The van der Waals surface area contributed by atoms with Crippen molar-refractivity contribution in [3.05, 3.63) is 58.1 Å². The summed E-state index contributed by atoms with van der Waals surface area (Å²) in [6.45, 7) is 1.86. The lowest BCUT2D eigenvalue weighted by molar-refractivity contribution is -0.130. The molecular formula is C18H17ClO4. The Morgan fingerprint density at radius 1 is 1.13 bits per heavy atom. The molecule has 2 aromatic carbocycles. The van der Waals surface area contributed by atoms with Crippen LogP contribution in [0.1, 0.15) is 16.7 Å². The van der Waals surface area contributed by atoms with Crippen LogP contribution in [-0.4, -0.2) is 25.3 Å². The van der Waals surface area contributed by atoms with Crippen molar-refractivity contribution in [2.75, 3.05) is 14.2 Å². The van der Waals surface area contributed by atoms with Crippen molar-refractivity contribution in [2.45, 2.75) is 6.92 Å². The molecule has 120 valence electrons. The molecule has 0 aliphatic rings. The first-order valence-electron chi connectivity index (χ1n) is 6.89. The number of halogens is 1. The SMILES string of the molecule is COc1ccc(/C=C(\C(=O)O)c2ccc(C)c(Cl)c2)c(OC)c1. The van der Waals surface area contributed by atoms with Crippen molar-refractivity contribution in [2.24, 2.45) is 0 Å². The predicted molar refractivity (Wildman–Crippen MR) is 91.2 cm³/mol. The van der Waals surface area contributed by atoms with Gasteiger partial charge in [0.05, 0.1) is 19.8 Å². The van der Waals surface area contributed by atoms with E-state index in [1.165, 1.54) is 7.11 Å². The Morgan fingerprint density at radius 3 is 2.43 bits per heavy atom. The number of ether oxygens (including phenoxy) is 2. The number of hydrogen-bond acceptors (Lipinski definition) is 3. The molecule has 0 aliphatic carbocycles. The first-order valence-corrected chi connectivity index (χ1v) is 7.27. The van der Waals surface area contributed by atoms with E-state index < -0.39 is 5.97 Å². The van der Waals surface area contributed by atoms with Crippen LogP contribution in [0.5, 0.6) is 11.5 Å². The zero-order valence-corrected chi connectivity index (χ0v) is 13.8. The standard InChI is InChI=1S/C18H17ClO4/c1-11-4-5-12(9-16(11)19)15(18(20)21)8-13-6-7-14(22-2)10-17(13)23-3/h4-10H,1-3H3,(H,20,21)/b15-8-. The third kappa shape index (κ3) is 3.85. The Morgan fingerprint density at radius 2 is 1.87 bits per heavy atom. The van der Waals surface area contributed by atoms with Gasteiger partial charge in [-0.1, -0.05) is 23.7 Å². The lowest BCUT2D eigenvalue weighted by atomic mass is 10.0. The molecule has 1 N–H and O–H groups in total. The molecule has 0 aromatic heterocycles. The molecule has 0 spiro atoms. The van der Waals surface area contributed by atoms with Gasteiger partial charge in [-0.3, -0.25) is 0 Å². The monoisotopic (exact) mass is 332 g/mol. The Bertz CT molecular complexity index is 766. The second kappa shape index (κ2) is 7.20. The van der Waals surface area contributed by atoms with Gasteiger partial charge in [0.25, 0.3) is 0 Å². The summed E-state index contributed by atoms with van der Waals surface area (Å²) in [5.74, 6) is 0.123. The summed E-state index contributed by atoms with van der Waals surface area (Å²) in [4.78, 5) is 11.6. The highest BCUT2D eigenvalue weighted by atomic mass is 35.5. The smallest absolute Gasteiger partial charge is 0.336 e. The Hall–Kier alpha value is -2.46. The van der Waals surface area contributed by atoms with Crippen molar-refractivity contribution >= 4 is 29.2 Å². The van der Waals surface area contributed by atoms with E-state index in [-0.39, 0.29) is 5.57 Å². The third-order valence-corrected chi connectivity index (χ3v) is 3.86. The first-order chi connectivity index (χ1) is 11.0. The molecule has 0 unspecified atom stereocenters. The maximum Gasteiger partial charge on any atom is 0.336 e. The van der Waals surface area contributed by atoms with Gasteiger partial charge in [-0.2, -0.15) is 0 Å². The van der Waals surface area contributed by atoms with Gasteiger partial charge in [0.1, 0.15) is 11.5 Å². The van der Waals surface area contributed by atoms with Gasteiger partial charge in [0, 0.05) is 16.7 Å². The second-order valence-electron chi connectivity index (χ2n) is 4.94. The Labute approximate surface area is 139 Å². The molecule has 5 heteroatoms. The molecule has 2 aromatic rings. The van der Waals surface area contributed by atoms with Crippen LogP contribution in [0.25, 0.3) is 11.6 Å². The molecule has 4 nitrogen and oxygen atoms in total. The summed E-state index contributed by atoms with van der Waals surface area (Å²) in [6, 6.07) is 10.4. The highest BCUT2D eigenvalue weighted by Crippen LogP contribution is 2.30. The average molecular weight is 333 g/mol. The average Bonchev–Trinajstić information content (AvgIpc) is 2.55. The van der Waals surface area contributed by atoms with Crippen molar-refractivity contribution in [1.82, 2.24) is 0 Å². The topological polar surface area (TPSA) is 55.8 Å². The molecule has 23 heavy (non-hydrogen) atoms. The Balaban J connectivity index is 2.55. The summed E-state index contributed by atoms with van der Waals surface area (Å²) >= 11 is 6.10. The minimum atomic E-state index is -1.04. The number of methoxy groups -OCH3 is 2. The van der Waals surface area contributed by atoms with Crippen LogP contribution < -0.4 is 9.47 Å². The summed E-state index contributed by atoms with van der Waals surface area (Å²) < 4.78 is 10.4. The summed E-state index contributed by atoms with van der Waals surface area (Å²) in [5.41, 5.74) is 2.20. The predicted octanol–water partition coefficient (Wildman–Crippen LogP) is 4.29. The van der Waals surface area contributed by atoms with Crippen molar-refractivity contribution in [3.63, 3.8) is 0 Å². The van der Waals surface area contributed by atoms with Gasteiger partial charge < -0.3 is 14.6 Å². The number of carboxylic acids is 1. The van der Waals surface area contributed by atoms with Crippen LogP contribution >= 0.6 is 11.6 Å². The molecule has 0 bridgehead atoms. The van der Waals surface area contributed by atoms with E-state index >= 15 is 0 Å². The van der Waals surface area contributed by atoms with Gasteiger partial charge >= 0.3 is 5.97 Å². The van der Waals surface area contributed by atoms with Crippen LogP contribution in [0.3, 0.4) is 0 Å². The minimum absolute atomic E-state index is 0.135. The molecule has 0 aliphatic heterocycles. The summed E-state index contributed by atoms with van der Waals surface area (Å²) in [6.07, 6.45) is 1.56. The molecule has 0 saturated carbocycles. The third-order valence-electron chi connectivity index (χ3n) is 3.45. The minimum Gasteiger partial charge on any atom is -0.497 e. The van der Waals surface area contributed by atoms with E-state index in [9.17, 15) is 9.90 Å². The van der Waals surface area contributed by atoms with Gasteiger partial charge in [-0.25, -0.2) is 4.79 Å². The number of aryl methyl sites for hydroxylation is 1. The second-order valence-corrected chi connectivity index (χ2v) is 5.34. The summed E-state index contributed by atoms with van der Waals surface area (Å²) in [7, 11) is 3.08. The maximum absolute atomic E-state index is 11.6. The number of carboxylic acid groups (broad SMARTS) is 1. The highest BCUT2D eigenvalue weighted by molar-refractivity contribution is 6.32. The normalized spacial score (nSPS) is 11.2. The van der Waals surface area contributed by atoms with Crippen molar-refractivity contribution in [3.8, 4) is 11.5 Å². The Kier molecular flexibility index (Phi) is 5.29. The van der Waals surface area contributed by atoms with Gasteiger partial charge in [-0.05, 0) is 42.3 Å². The number of hydrogen-bond donors (Lipinski definition) is 1. The molecule has 0 saturated heterocycles. The number of carbonyl (C=O) groups is 1.